The normalized spacial score (nSPS) is 15.9. The number of aromatic nitrogens is 3. The second-order valence-corrected chi connectivity index (χ2v) is 9.39. The van der Waals surface area contributed by atoms with Gasteiger partial charge in [-0.05, 0) is 42.7 Å². The number of primary amides is 1. The molecule has 0 aliphatic carbocycles. The van der Waals surface area contributed by atoms with E-state index in [0.717, 1.165) is 12.0 Å². The third kappa shape index (κ3) is 4.13. The summed E-state index contributed by atoms with van der Waals surface area (Å²) in [5.74, 6) is -0.0378. The maximum Gasteiger partial charge on any atom is 0.404 e. The molecule has 1 aliphatic heterocycles. The van der Waals surface area contributed by atoms with Crippen molar-refractivity contribution in [1.82, 2.24) is 19.4 Å². The number of hydrogen-bond donors (Lipinski definition) is 3. The Morgan fingerprint density at radius 1 is 1.25 bits per heavy atom. The molecule has 11 heteroatoms. The molecule has 0 bridgehead atoms. The van der Waals surface area contributed by atoms with E-state index in [1.165, 1.54) is 4.57 Å². The van der Waals surface area contributed by atoms with Gasteiger partial charge in [0.2, 0.25) is 11.9 Å². The number of carboxylic acid groups (broad SMARTS) is 1. The Labute approximate surface area is 210 Å². The van der Waals surface area contributed by atoms with Gasteiger partial charge >= 0.3 is 6.09 Å². The Bertz CT molecular complexity index is 1580. The van der Waals surface area contributed by atoms with Crippen molar-refractivity contribution in [2.24, 2.45) is 12.8 Å². The number of piperidine rings is 1. The van der Waals surface area contributed by atoms with Crippen molar-refractivity contribution in [3.8, 4) is 0 Å². The predicted molar refractivity (Wildman–Crippen MR) is 138 cm³/mol. The number of nitrogens with zero attached hydrogens (tertiary/aromatic N) is 4. The van der Waals surface area contributed by atoms with Crippen molar-refractivity contribution in [2.45, 2.75) is 25.4 Å². The highest BCUT2D eigenvalue weighted by Gasteiger charge is 2.28. The number of aryl methyl sites for hydroxylation is 1. The number of pyridine rings is 1. The first-order valence-electron chi connectivity index (χ1n) is 11.5. The van der Waals surface area contributed by atoms with E-state index in [4.69, 9.17) is 22.3 Å². The zero-order chi connectivity index (χ0) is 25.6. The molecule has 5 rings (SSSR count). The van der Waals surface area contributed by atoms with Gasteiger partial charge in [-0.15, -0.1) is 0 Å². The highest BCUT2D eigenvalue weighted by Crippen LogP contribution is 2.31. The van der Waals surface area contributed by atoms with Crippen LogP contribution in [0.25, 0.3) is 21.9 Å². The zero-order valence-electron chi connectivity index (χ0n) is 19.6. The number of anilines is 1. The number of benzene rings is 2. The van der Waals surface area contributed by atoms with E-state index in [9.17, 15) is 19.5 Å². The molecule has 0 saturated carbocycles. The van der Waals surface area contributed by atoms with Crippen LogP contribution in [0.4, 0.5) is 10.7 Å². The van der Waals surface area contributed by atoms with E-state index in [1.807, 2.05) is 27.7 Å². The van der Waals surface area contributed by atoms with Crippen LogP contribution in [0.5, 0.6) is 0 Å². The van der Waals surface area contributed by atoms with Crippen molar-refractivity contribution in [1.29, 1.82) is 0 Å². The lowest BCUT2D eigenvalue weighted by Crippen LogP contribution is -2.48. The number of imidazole rings is 1. The summed E-state index contributed by atoms with van der Waals surface area (Å²) in [4.78, 5) is 43.7. The Hall–Kier alpha value is -4.05. The molecule has 1 atom stereocenters. The summed E-state index contributed by atoms with van der Waals surface area (Å²) in [7, 11) is 1.67. The van der Waals surface area contributed by atoms with Crippen molar-refractivity contribution >= 4 is 51.5 Å². The van der Waals surface area contributed by atoms with Gasteiger partial charge in [0.25, 0.3) is 5.56 Å². The molecular formula is C25H25ClN6O4. The maximum absolute atomic E-state index is 13.6. The first-order valence-corrected chi connectivity index (χ1v) is 11.9. The summed E-state index contributed by atoms with van der Waals surface area (Å²) in [5.41, 5.74) is 7.85. The molecule has 10 nitrogen and oxygen atoms in total. The topological polar surface area (TPSA) is 135 Å². The van der Waals surface area contributed by atoms with Gasteiger partial charge in [0.1, 0.15) is 11.0 Å². The Balaban J connectivity index is 1.77. The summed E-state index contributed by atoms with van der Waals surface area (Å²) >= 11 is 6.48. The number of rotatable bonds is 5. The quantitative estimate of drug-likeness (QED) is 0.379. The monoisotopic (exact) mass is 508 g/mol. The summed E-state index contributed by atoms with van der Waals surface area (Å²) in [6.45, 7) is 1.34. The third-order valence-corrected chi connectivity index (χ3v) is 7.04. The average Bonchev–Trinajstić information content (AvgIpc) is 3.23. The van der Waals surface area contributed by atoms with Crippen LogP contribution in [0.15, 0.2) is 47.3 Å². The largest absolute Gasteiger partial charge is 0.465 e. The van der Waals surface area contributed by atoms with Crippen LogP contribution >= 0.6 is 11.6 Å². The van der Waals surface area contributed by atoms with Crippen LogP contribution in [-0.2, 0) is 13.6 Å². The molecule has 3 heterocycles. The van der Waals surface area contributed by atoms with E-state index in [2.05, 4.69) is 5.32 Å². The second-order valence-electron chi connectivity index (χ2n) is 8.98. The van der Waals surface area contributed by atoms with Gasteiger partial charge in [-0.1, -0.05) is 29.8 Å². The van der Waals surface area contributed by atoms with Crippen LogP contribution < -0.4 is 21.5 Å². The Kier molecular flexibility index (Phi) is 6.05. The van der Waals surface area contributed by atoms with E-state index in [-0.39, 0.29) is 18.1 Å². The zero-order valence-corrected chi connectivity index (χ0v) is 20.3. The molecule has 2 aromatic carbocycles. The third-order valence-electron chi connectivity index (χ3n) is 6.67. The van der Waals surface area contributed by atoms with Crippen LogP contribution in [0.1, 0.15) is 28.8 Å². The lowest BCUT2D eigenvalue weighted by atomic mass is 10.1. The first-order chi connectivity index (χ1) is 17.2. The van der Waals surface area contributed by atoms with E-state index >= 15 is 0 Å². The highest BCUT2D eigenvalue weighted by molar-refractivity contribution is 6.31. The van der Waals surface area contributed by atoms with E-state index < -0.39 is 12.0 Å². The molecule has 1 saturated heterocycles. The standard InChI is InChI=1S/C25H25ClN6O4/c1-30-19-9-8-14(22(27)33)11-17(19)20-21(23(30)34)32(12-15-5-2-3-7-18(15)26)24(29-20)31-10-4-6-16(13-31)28-25(35)36/h2-3,5,7-9,11,16,28H,4,6,10,12-13H2,1H3,(H2,27,33)(H,35,36)/t16-/m1/s1. The van der Waals surface area contributed by atoms with Gasteiger partial charge in [0.15, 0.2) is 0 Å². The molecule has 4 N–H and O–H groups in total. The average molecular weight is 509 g/mol. The fraction of sp³-hybridized carbons (Fsp3) is 0.280. The number of carbonyl (C=O) groups excluding carboxylic acids is 1. The molecule has 0 unspecified atom stereocenters. The molecule has 1 aliphatic rings. The fourth-order valence-electron chi connectivity index (χ4n) is 4.92. The minimum Gasteiger partial charge on any atom is -0.465 e. The number of fused-ring (bicyclic) bond motifs is 3. The van der Waals surface area contributed by atoms with Crippen LogP contribution in [-0.4, -0.2) is 50.4 Å². The summed E-state index contributed by atoms with van der Waals surface area (Å²) < 4.78 is 3.36. The van der Waals surface area contributed by atoms with Crippen molar-refractivity contribution < 1.29 is 14.7 Å². The molecule has 2 amide bonds. The molecule has 0 spiro atoms. The van der Waals surface area contributed by atoms with Gasteiger partial charge in [0.05, 0.1) is 12.1 Å². The summed E-state index contributed by atoms with van der Waals surface area (Å²) in [5, 5.41) is 13.0. The summed E-state index contributed by atoms with van der Waals surface area (Å²) in [6, 6.07) is 12.0. The smallest absolute Gasteiger partial charge is 0.404 e. The lowest BCUT2D eigenvalue weighted by molar-refractivity contribution is 0.100. The number of hydrogen-bond acceptors (Lipinski definition) is 5. The maximum atomic E-state index is 13.6. The number of halogens is 1. The van der Waals surface area contributed by atoms with Crippen molar-refractivity contribution in [3.05, 3.63) is 69.0 Å². The predicted octanol–water partition coefficient (Wildman–Crippen LogP) is 2.93. The molecule has 1 fully saturated rings. The fourth-order valence-corrected chi connectivity index (χ4v) is 5.12. The number of nitrogens with one attached hydrogen (secondary N) is 1. The number of nitrogens with two attached hydrogens (primary N) is 1. The number of amides is 2. The van der Waals surface area contributed by atoms with Crippen LogP contribution in [0, 0.1) is 0 Å². The number of carbonyl (C=O) groups is 2. The van der Waals surface area contributed by atoms with E-state index in [1.54, 1.807) is 31.3 Å². The lowest BCUT2D eigenvalue weighted by Gasteiger charge is -2.33. The van der Waals surface area contributed by atoms with Crippen molar-refractivity contribution in [3.63, 3.8) is 0 Å². The minimum atomic E-state index is -1.08. The molecule has 186 valence electrons. The molecular weight excluding hydrogens is 484 g/mol. The Morgan fingerprint density at radius 2 is 2.03 bits per heavy atom. The van der Waals surface area contributed by atoms with Gasteiger partial charge in [-0.25, -0.2) is 9.78 Å². The first kappa shape index (κ1) is 23.7. The van der Waals surface area contributed by atoms with Gasteiger partial charge in [-0.3, -0.25) is 9.59 Å². The molecule has 0 radical (unpaired) electrons. The van der Waals surface area contributed by atoms with Crippen molar-refractivity contribution in [2.75, 3.05) is 18.0 Å². The molecule has 4 aromatic rings. The second kappa shape index (κ2) is 9.19. The van der Waals surface area contributed by atoms with Crippen LogP contribution in [0.3, 0.4) is 0 Å². The van der Waals surface area contributed by atoms with Gasteiger partial charge in [-0.2, -0.15) is 0 Å². The SMILES string of the molecule is Cn1c(=O)c2c(nc(N3CCC[C@@H](NC(=O)O)C3)n2Cc2ccccc2Cl)c2cc(C(N)=O)ccc21. The van der Waals surface area contributed by atoms with Gasteiger partial charge in [0, 0.05) is 42.2 Å². The minimum absolute atomic E-state index is 0.243. The highest BCUT2D eigenvalue weighted by atomic mass is 35.5. The Morgan fingerprint density at radius 3 is 2.75 bits per heavy atom. The van der Waals surface area contributed by atoms with E-state index in [0.29, 0.717) is 58.0 Å². The molecule has 2 aromatic heterocycles. The van der Waals surface area contributed by atoms with Gasteiger partial charge < -0.3 is 30.2 Å². The summed E-state index contributed by atoms with van der Waals surface area (Å²) in [6.07, 6.45) is 0.385. The van der Waals surface area contributed by atoms with Crippen LogP contribution in [0.2, 0.25) is 5.02 Å². The molecule has 36 heavy (non-hydrogen) atoms.